The predicted molar refractivity (Wildman–Crippen MR) is 89.6 cm³/mol. The second kappa shape index (κ2) is 5.85. The van der Waals surface area contributed by atoms with Gasteiger partial charge in [0.2, 0.25) is 0 Å². The Hall–Kier alpha value is -2.88. The summed E-state index contributed by atoms with van der Waals surface area (Å²) in [5.41, 5.74) is 2.73. The minimum Gasteiger partial charge on any atom is -0.376 e. The maximum absolute atomic E-state index is 11.7. The molecule has 0 atom stereocenters. The SMILES string of the molecule is Cc1ccc(Nc2c(NCc3ccccc3)c(=O)c2=O)cc1. The zero-order valence-corrected chi connectivity index (χ0v) is 12.2. The van der Waals surface area contributed by atoms with Crippen molar-refractivity contribution < 1.29 is 0 Å². The molecule has 110 valence electrons. The van der Waals surface area contributed by atoms with Gasteiger partial charge in [-0.2, -0.15) is 0 Å². The van der Waals surface area contributed by atoms with Crippen molar-refractivity contribution in [3.05, 3.63) is 86.2 Å². The number of benzene rings is 2. The molecular weight excluding hydrogens is 276 g/mol. The number of nitrogens with one attached hydrogen (secondary N) is 2. The van der Waals surface area contributed by atoms with Gasteiger partial charge in [0.1, 0.15) is 11.4 Å². The maximum Gasteiger partial charge on any atom is 0.253 e. The second-order valence-corrected chi connectivity index (χ2v) is 5.24. The summed E-state index contributed by atoms with van der Waals surface area (Å²) in [7, 11) is 0. The zero-order valence-electron chi connectivity index (χ0n) is 12.2. The Balaban J connectivity index is 1.76. The van der Waals surface area contributed by atoms with Crippen molar-refractivity contribution in [2.24, 2.45) is 0 Å². The molecule has 0 fully saturated rings. The molecule has 4 nitrogen and oxygen atoms in total. The third-order valence-electron chi connectivity index (χ3n) is 3.54. The lowest BCUT2D eigenvalue weighted by Crippen LogP contribution is -2.36. The minimum absolute atomic E-state index is 0.338. The van der Waals surface area contributed by atoms with Crippen molar-refractivity contribution in [1.82, 2.24) is 0 Å². The van der Waals surface area contributed by atoms with E-state index in [0.717, 1.165) is 16.8 Å². The summed E-state index contributed by atoms with van der Waals surface area (Å²) in [5, 5.41) is 6.06. The first-order chi connectivity index (χ1) is 10.6. The maximum atomic E-state index is 11.7. The monoisotopic (exact) mass is 292 g/mol. The lowest BCUT2D eigenvalue weighted by atomic mass is 10.1. The third kappa shape index (κ3) is 2.76. The fourth-order valence-electron chi connectivity index (χ4n) is 2.25. The highest BCUT2D eigenvalue weighted by Gasteiger charge is 2.20. The molecule has 3 rings (SSSR count). The van der Waals surface area contributed by atoms with Gasteiger partial charge < -0.3 is 10.6 Å². The van der Waals surface area contributed by atoms with Crippen LogP contribution in [0, 0.1) is 6.92 Å². The van der Waals surface area contributed by atoms with E-state index < -0.39 is 10.9 Å². The summed E-state index contributed by atoms with van der Waals surface area (Å²) in [4.78, 5) is 23.5. The number of aryl methyl sites for hydroxylation is 1. The van der Waals surface area contributed by atoms with Crippen LogP contribution < -0.4 is 21.5 Å². The molecule has 0 aliphatic rings. The van der Waals surface area contributed by atoms with E-state index in [4.69, 9.17) is 0 Å². The highest BCUT2D eigenvalue weighted by atomic mass is 16.2. The third-order valence-corrected chi connectivity index (χ3v) is 3.54. The normalized spacial score (nSPS) is 10.6. The molecule has 3 aromatic rings. The molecule has 0 radical (unpaired) electrons. The second-order valence-electron chi connectivity index (χ2n) is 5.24. The minimum atomic E-state index is -0.476. The lowest BCUT2D eigenvalue weighted by molar-refractivity contribution is 1.13. The summed E-state index contributed by atoms with van der Waals surface area (Å²) in [6.07, 6.45) is 0. The molecule has 0 saturated heterocycles. The largest absolute Gasteiger partial charge is 0.376 e. The predicted octanol–water partition coefficient (Wildman–Crippen LogP) is 2.95. The molecule has 0 amide bonds. The average molecular weight is 292 g/mol. The molecule has 0 aliphatic heterocycles. The van der Waals surface area contributed by atoms with Gasteiger partial charge in [-0.25, -0.2) is 0 Å². The van der Waals surface area contributed by atoms with Crippen LogP contribution in [0.15, 0.2) is 64.2 Å². The molecule has 0 spiro atoms. The number of hydrogen-bond acceptors (Lipinski definition) is 4. The molecule has 4 heteroatoms. The fraction of sp³-hybridized carbons (Fsp3) is 0.111. The van der Waals surface area contributed by atoms with Gasteiger partial charge in [0, 0.05) is 12.2 Å². The molecular formula is C18H16N2O2. The molecule has 0 unspecified atom stereocenters. The van der Waals surface area contributed by atoms with Crippen molar-refractivity contribution >= 4 is 17.1 Å². The van der Waals surface area contributed by atoms with Crippen LogP contribution in [0.25, 0.3) is 0 Å². The van der Waals surface area contributed by atoms with E-state index in [1.54, 1.807) is 0 Å². The Morgan fingerprint density at radius 3 is 2.14 bits per heavy atom. The summed E-state index contributed by atoms with van der Waals surface area (Å²) in [6, 6.07) is 17.4. The van der Waals surface area contributed by atoms with Gasteiger partial charge in [-0.05, 0) is 24.6 Å². The van der Waals surface area contributed by atoms with Crippen LogP contribution >= 0.6 is 0 Å². The first-order valence-corrected chi connectivity index (χ1v) is 7.10. The molecule has 0 bridgehead atoms. The molecule has 2 N–H and O–H groups in total. The van der Waals surface area contributed by atoms with Crippen LogP contribution in [0.1, 0.15) is 11.1 Å². The van der Waals surface area contributed by atoms with Gasteiger partial charge in [0.05, 0.1) is 0 Å². The van der Waals surface area contributed by atoms with Crippen LogP contribution in [0.4, 0.5) is 17.1 Å². The van der Waals surface area contributed by atoms with Gasteiger partial charge in [0.25, 0.3) is 10.9 Å². The topological polar surface area (TPSA) is 58.2 Å². The molecule has 3 aromatic carbocycles. The van der Waals surface area contributed by atoms with Crippen LogP contribution in [-0.4, -0.2) is 0 Å². The number of anilines is 3. The lowest BCUT2D eigenvalue weighted by Gasteiger charge is -2.15. The van der Waals surface area contributed by atoms with Crippen molar-refractivity contribution in [2.45, 2.75) is 13.5 Å². The van der Waals surface area contributed by atoms with E-state index in [1.807, 2.05) is 61.5 Å². The van der Waals surface area contributed by atoms with E-state index in [0.29, 0.717) is 17.9 Å². The van der Waals surface area contributed by atoms with Crippen molar-refractivity contribution in [1.29, 1.82) is 0 Å². The van der Waals surface area contributed by atoms with Gasteiger partial charge in [-0.3, -0.25) is 9.59 Å². The van der Waals surface area contributed by atoms with E-state index in [1.165, 1.54) is 0 Å². The van der Waals surface area contributed by atoms with Crippen LogP contribution in [0.5, 0.6) is 0 Å². The Kier molecular flexibility index (Phi) is 3.74. The molecule has 0 aromatic heterocycles. The summed E-state index contributed by atoms with van der Waals surface area (Å²) in [6.45, 7) is 2.50. The first kappa shape index (κ1) is 14.1. The fourth-order valence-corrected chi connectivity index (χ4v) is 2.25. The first-order valence-electron chi connectivity index (χ1n) is 7.10. The van der Waals surface area contributed by atoms with Crippen LogP contribution in [0.2, 0.25) is 0 Å². The van der Waals surface area contributed by atoms with E-state index >= 15 is 0 Å². The van der Waals surface area contributed by atoms with Crippen molar-refractivity contribution in [2.75, 3.05) is 10.6 Å². The molecule has 0 saturated carbocycles. The standard InChI is InChI=1S/C18H16N2O2/c1-12-7-9-14(10-8-12)20-16-15(17(21)18(16)22)19-11-13-5-3-2-4-6-13/h2-10,19-20H,11H2,1H3. The summed E-state index contributed by atoms with van der Waals surface area (Å²) in [5.74, 6) is 0. The zero-order chi connectivity index (χ0) is 15.5. The summed E-state index contributed by atoms with van der Waals surface area (Å²) < 4.78 is 0. The Labute approximate surface area is 128 Å². The smallest absolute Gasteiger partial charge is 0.253 e. The van der Waals surface area contributed by atoms with E-state index in [9.17, 15) is 9.59 Å². The van der Waals surface area contributed by atoms with E-state index in [2.05, 4.69) is 10.6 Å². The summed E-state index contributed by atoms with van der Waals surface area (Å²) >= 11 is 0. The molecule has 22 heavy (non-hydrogen) atoms. The van der Waals surface area contributed by atoms with Crippen LogP contribution in [-0.2, 0) is 6.54 Å². The highest BCUT2D eigenvalue weighted by Crippen LogP contribution is 2.21. The Bertz CT molecular complexity index is 845. The van der Waals surface area contributed by atoms with Gasteiger partial charge in [-0.1, -0.05) is 48.0 Å². The quantitative estimate of drug-likeness (QED) is 0.710. The van der Waals surface area contributed by atoms with E-state index in [-0.39, 0.29) is 0 Å². The van der Waals surface area contributed by atoms with Crippen LogP contribution in [0.3, 0.4) is 0 Å². The van der Waals surface area contributed by atoms with Gasteiger partial charge >= 0.3 is 0 Å². The van der Waals surface area contributed by atoms with Crippen molar-refractivity contribution in [3.63, 3.8) is 0 Å². The number of hydrogen-bond donors (Lipinski definition) is 2. The van der Waals surface area contributed by atoms with Gasteiger partial charge in [0.15, 0.2) is 0 Å². The molecule has 0 heterocycles. The number of rotatable bonds is 5. The van der Waals surface area contributed by atoms with Crippen molar-refractivity contribution in [3.8, 4) is 0 Å². The average Bonchev–Trinajstić information content (AvgIpc) is 2.56. The highest BCUT2D eigenvalue weighted by molar-refractivity contribution is 5.78. The Morgan fingerprint density at radius 2 is 1.45 bits per heavy atom. The molecule has 0 aliphatic carbocycles. The van der Waals surface area contributed by atoms with Gasteiger partial charge in [-0.15, -0.1) is 0 Å². The Morgan fingerprint density at radius 1 is 0.818 bits per heavy atom.